The summed E-state index contributed by atoms with van der Waals surface area (Å²) in [6.45, 7) is 3.70. The predicted octanol–water partition coefficient (Wildman–Crippen LogP) is 3.92. The molecule has 0 spiro atoms. The molecular formula is C24H23N5O4S. The van der Waals surface area contributed by atoms with Crippen LogP contribution in [0.5, 0.6) is 0 Å². The number of carbonyl (C=O) groups is 3. The Morgan fingerprint density at radius 2 is 2.00 bits per heavy atom. The van der Waals surface area contributed by atoms with Gasteiger partial charge < -0.3 is 15.8 Å². The molecule has 4 aromatic rings. The first-order valence-corrected chi connectivity index (χ1v) is 11.4. The Balaban J connectivity index is 1.79. The number of rotatable bonds is 7. The van der Waals surface area contributed by atoms with Crippen molar-refractivity contribution >= 4 is 45.0 Å². The molecule has 9 nitrogen and oxygen atoms in total. The van der Waals surface area contributed by atoms with E-state index in [-0.39, 0.29) is 22.0 Å². The quantitative estimate of drug-likeness (QED) is 0.388. The van der Waals surface area contributed by atoms with E-state index in [0.29, 0.717) is 34.1 Å². The zero-order chi connectivity index (χ0) is 24.4. The molecule has 10 heteroatoms. The van der Waals surface area contributed by atoms with Gasteiger partial charge in [-0.15, -0.1) is 11.3 Å². The van der Waals surface area contributed by atoms with Gasteiger partial charge >= 0.3 is 5.97 Å². The number of ether oxygens (including phenoxy) is 1. The highest BCUT2D eigenvalue weighted by molar-refractivity contribution is 7.18. The van der Waals surface area contributed by atoms with Crippen LogP contribution < -0.4 is 11.1 Å². The second-order valence-corrected chi connectivity index (χ2v) is 8.71. The number of amides is 2. The molecule has 3 heterocycles. The molecule has 0 aliphatic carbocycles. The van der Waals surface area contributed by atoms with Crippen molar-refractivity contribution in [3.8, 4) is 11.3 Å². The number of primary amides is 1. The summed E-state index contributed by atoms with van der Waals surface area (Å²) in [6, 6.07) is 8.96. The Morgan fingerprint density at radius 1 is 1.24 bits per heavy atom. The summed E-state index contributed by atoms with van der Waals surface area (Å²) in [5.41, 5.74) is 8.34. The van der Waals surface area contributed by atoms with E-state index in [1.54, 1.807) is 37.0 Å². The van der Waals surface area contributed by atoms with Gasteiger partial charge in [-0.05, 0) is 31.0 Å². The van der Waals surface area contributed by atoms with Gasteiger partial charge in [-0.25, -0.2) is 9.78 Å². The number of anilines is 1. The highest BCUT2D eigenvalue weighted by Crippen LogP contribution is 2.34. The molecule has 0 saturated carbocycles. The van der Waals surface area contributed by atoms with Gasteiger partial charge in [-0.2, -0.15) is 5.10 Å². The van der Waals surface area contributed by atoms with Crippen LogP contribution >= 0.6 is 11.3 Å². The van der Waals surface area contributed by atoms with Crippen LogP contribution in [0.1, 0.15) is 49.3 Å². The van der Waals surface area contributed by atoms with Gasteiger partial charge in [0.05, 0.1) is 40.0 Å². The number of esters is 1. The summed E-state index contributed by atoms with van der Waals surface area (Å²) in [7, 11) is 1.80. The standard InChI is InChI=1S/C24H23N5O4S/c1-4-9-33-24(32)19-13(2)20(21(25)30)34-23(19)28-22(31)16-10-18(14-11-26-29(3)12-14)27-17-8-6-5-7-15(16)17/h5-8,10-12H,4,9H2,1-3H3,(H2,25,30)(H,28,31). The number of pyridine rings is 1. The fourth-order valence-electron chi connectivity index (χ4n) is 3.58. The van der Waals surface area contributed by atoms with E-state index < -0.39 is 17.8 Å². The number of benzene rings is 1. The maximum Gasteiger partial charge on any atom is 0.341 e. The number of nitrogens with two attached hydrogens (primary N) is 1. The van der Waals surface area contributed by atoms with Gasteiger partial charge in [0.25, 0.3) is 11.8 Å². The van der Waals surface area contributed by atoms with E-state index in [9.17, 15) is 14.4 Å². The van der Waals surface area contributed by atoms with Crippen LogP contribution in [-0.2, 0) is 11.8 Å². The number of para-hydroxylation sites is 1. The topological polar surface area (TPSA) is 129 Å². The smallest absolute Gasteiger partial charge is 0.341 e. The van der Waals surface area contributed by atoms with E-state index in [0.717, 1.165) is 16.9 Å². The lowest BCUT2D eigenvalue weighted by atomic mass is 10.0. The second kappa shape index (κ2) is 9.44. The molecule has 0 unspecified atom stereocenters. The fraction of sp³-hybridized carbons (Fsp3) is 0.208. The average Bonchev–Trinajstić information content (AvgIpc) is 3.39. The van der Waals surface area contributed by atoms with Crippen LogP contribution in [0, 0.1) is 6.92 Å². The van der Waals surface area contributed by atoms with Gasteiger partial charge in [0.1, 0.15) is 5.00 Å². The van der Waals surface area contributed by atoms with Gasteiger partial charge in [0.15, 0.2) is 0 Å². The van der Waals surface area contributed by atoms with E-state index in [2.05, 4.69) is 15.4 Å². The molecule has 3 aromatic heterocycles. The van der Waals surface area contributed by atoms with Crippen molar-refractivity contribution in [3.05, 3.63) is 64.3 Å². The molecule has 0 radical (unpaired) electrons. The van der Waals surface area contributed by atoms with Crippen molar-refractivity contribution in [2.75, 3.05) is 11.9 Å². The third-order valence-electron chi connectivity index (χ3n) is 5.20. The van der Waals surface area contributed by atoms with Crippen LogP contribution in [0.25, 0.3) is 22.2 Å². The Morgan fingerprint density at radius 3 is 2.68 bits per heavy atom. The molecule has 0 saturated heterocycles. The van der Waals surface area contributed by atoms with E-state index in [4.69, 9.17) is 10.5 Å². The third-order valence-corrected chi connectivity index (χ3v) is 6.42. The average molecular weight is 478 g/mol. The number of nitrogens with one attached hydrogen (secondary N) is 1. The van der Waals surface area contributed by atoms with Crippen LogP contribution in [0.15, 0.2) is 42.7 Å². The minimum Gasteiger partial charge on any atom is -0.462 e. The molecule has 0 aliphatic rings. The lowest BCUT2D eigenvalue weighted by Crippen LogP contribution is -2.16. The Hall–Kier alpha value is -4.05. The van der Waals surface area contributed by atoms with Crippen molar-refractivity contribution < 1.29 is 19.1 Å². The molecule has 0 aliphatic heterocycles. The first kappa shape index (κ1) is 23.1. The first-order valence-electron chi connectivity index (χ1n) is 10.6. The number of hydrogen-bond donors (Lipinski definition) is 2. The van der Waals surface area contributed by atoms with Crippen LogP contribution in [0.3, 0.4) is 0 Å². The van der Waals surface area contributed by atoms with Crippen molar-refractivity contribution in [3.63, 3.8) is 0 Å². The Bertz CT molecular complexity index is 1420. The number of hydrogen-bond acceptors (Lipinski definition) is 7. The zero-order valence-corrected chi connectivity index (χ0v) is 19.7. The second-order valence-electron chi connectivity index (χ2n) is 7.69. The fourth-order valence-corrected chi connectivity index (χ4v) is 4.63. The summed E-state index contributed by atoms with van der Waals surface area (Å²) in [5, 5.41) is 7.84. The van der Waals surface area contributed by atoms with Crippen molar-refractivity contribution in [2.45, 2.75) is 20.3 Å². The van der Waals surface area contributed by atoms with Crippen molar-refractivity contribution in [1.82, 2.24) is 14.8 Å². The lowest BCUT2D eigenvalue weighted by Gasteiger charge is -2.11. The minimum atomic E-state index is -0.680. The maximum atomic E-state index is 13.5. The highest BCUT2D eigenvalue weighted by Gasteiger charge is 2.26. The van der Waals surface area contributed by atoms with Gasteiger partial charge in [-0.1, -0.05) is 25.1 Å². The molecule has 34 heavy (non-hydrogen) atoms. The van der Waals surface area contributed by atoms with Gasteiger partial charge in [0, 0.05) is 24.2 Å². The summed E-state index contributed by atoms with van der Waals surface area (Å²) in [4.78, 5) is 43.0. The Kier molecular flexibility index (Phi) is 6.42. The molecule has 2 amide bonds. The number of aryl methyl sites for hydroxylation is 1. The molecule has 0 fully saturated rings. The summed E-state index contributed by atoms with van der Waals surface area (Å²) < 4.78 is 6.93. The molecule has 4 rings (SSSR count). The maximum absolute atomic E-state index is 13.5. The molecular weight excluding hydrogens is 454 g/mol. The van der Waals surface area contributed by atoms with E-state index in [1.807, 2.05) is 31.3 Å². The van der Waals surface area contributed by atoms with Crippen molar-refractivity contribution in [2.24, 2.45) is 12.8 Å². The van der Waals surface area contributed by atoms with Crippen LogP contribution in [0.4, 0.5) is 5.00 Å². The predicted molar refractivity (Wildman–Crippen MR) is 130 cm³/mol. The normalized spacial score (nSPS) is 10.9. The molecule has 1 aromatic carbocycles. The lowest BCUT2D eigenvalue weighted by molar-refractivity contribution is 0.0506. The van der Waals surface area contributed by atoms with Gasteiger partial charge in [-0.3, -0.25) is 14.3 Å². The van der Waals surface area contributed by atoms with Crippen molar-refractivity contribution in [1.29, 1.82) is 0 Å². The third kappa shape index (κ3) is 4.40. The minimum absolute atomic E-state index is 0.131. The number of aromatic nitrogens is 3. The van der Waals surface area contributed by atoms with E-state index in [1.165, 1.54) is 0 Å². The Labute approximate surface area is 199 Å². The van der Waals surface area contributed by atoms with Crippen LogP contribution in [-0.4, -0.2) is 39.2 Å². The summed E-state index contributed by atoms with van der Waals surface area (Å²) in [6.07, 6.45) is 4.12. The summed E-state index contributed by atoms with van der Waals surface area (Å²) in [5.74, 6) is -1.75. The number of nitrogens with zero attached hydrogens (tertiary/aromatic N) is 3. The zero-order valence-electron chi connectivity index (χ0n) is 18.9. The highest BCUT2D eigenvalue weighted by atomic mass is 32.1. The SMILES string of the molecule is CCCOC(=O)c1c(NC(=O)c2cc(-c3cnn(C)c3)nc3ccccc23)sc(C(N)=O)c1C. The number of carbonyl (C=O) groups excluding carboxylic acids is 3. The molecule has 174 valence electrons. The molecule has 0 bridgehead atoms. The summed E-state index contributed by atoms with van der Waals surface area (Å²) >= 11 is 0.952. The number of fused-ring (bicyclic) bond motifs is 1. The molecule has 3 N–H and O–H groups in total. The molecule has 0 atom stereocenters. The van der Waals surface area contributed by atoms with Gasteiger partial charge in [0.2, 0.25) is 0 Å². The van der Waals surface area contributed by atoms with Crippen LogP contribution in [0.2, 0.25) is 0 Å². The number of thiophene rings is 1. The monoisotopic (exact) mass is 477 g/mol. The van der Waals surface area contributed by atoms with E-state index >= 15 is 0 Å². The largest absolute Gasteiger partial charge is 0.462 e. The first-order chi connectivity index (χ1) is 16.3.